The highest BCUT2D eigenvalue weighted by Gasteiger charge is 2.25. The third-order valence-electron chi connectivity index (χ3n) is 5.26. The second-order valence-corrected chi connectivity index (χ2v) is 7.53. The van der Waals surface area contributed by atoms with Crippen LogP contribution in [-0.2, 0) is 11.2 Å². The van der Waals surface area contributed by atoms with Gasteiger partial charge < -0.3 is 25.6 Å². The molecule has 1 unspecified atom stereocenters. The summed E-state index contributed by atoms with van der Waals surface area (Å²) >= 11 is 0. The summed E-state index contributed by atoms with van der Waals surface area (Å²) in [4.78, 5) is 19.0. The molecule has 1 heterocycles. The number of ether oxygens (including phenoxy) is 1. The molecule has 1 fully saturated rings. The van der Waals surface area contributed by atoms with Gasteiger partial charge in [0.25, 0.3) is 0 Å². The normalized spacial score (nSPS) is 15.6. The molecule has 3 N–H and O–H groups in total. The topological polar surface area (TPSA) is 78.0 Å². The number of aliphatic imine (C=N–C) groups is 1. The number of nitrogens with one attached hydrogen (secondary N) is 3. The van der Waals surface area contributed by atoms with E-state index >= 15 is 0 Å². The summed E-state index contributed by atoms with van der Waals surface area (Å²) in [6.07, 6.45) is 1.81. The fourth-order valence-electron chi connectivity index (χ4n) is 3.70. The van der Waals surface area contributed by atoms with Gasteiger partial charge in [-0.3, -0.25) is 4.79 Å². The lowest BCUT2D eigenvalue weighted by Gasteiger charge is -2.22. The molecular formula is C24H34IN5O2. The Kier molecular flexibility index (Phi) is 11.1. The Hall–Kier alpha value is -2.49. The number of anilines is 1. The van der Waals surface area contributed by atoms with E-state index in [0.717, 1.165) is 43.9 Å². The van der Waals surface area contributed by atoms with Crippen LogP contribution in [0.15, 0.2) is 59.6 Å². The van der Waals surface area contributed by atoms with Crippen LogP contribution in [0.1, 0.15) is 18.9 Å². The maximum absolute atomic E-state index is 12.2. The largest absolute Gasteiger partial charge is 0.495 e. The van der Waals surface area contributed by atoms with Crippen molar-refractivity contribution in [1.29, 1.82) is 0 Å². The molecule has 0 radical (unpaired) electrons. The van der Waals surface area contributed by atoms with Gasteiger partial charge in [-0.25, -0.2) is 4.99 Å². The van der Waals surface area contributed by atoms with E-state index in [0.29, 0.717) is 12.5 Å². The maximum atomic E-state index is 12.2. The van der Waals surface area contributed by atoms with Gasteiger partial charge in [0.2, 0.25) is 5.91 Å². The average Bonchev–Trinajstić information content (AvgIpc) is 3.26. The summed E-state index contributed by atoms with van der Waals surface area (Å²) < 4.78 is 5.50. The quantitative estimate of drug-likeness (QED) is 0.254. The molecule has 1 amide bonds. The number of para-hydroxylation sites is 2. The number of nitrogens with zero attached hydrogens (tertiary/aromatic N) is 2. The molecule has 2 aromatic carbocycles. The number of hydrogen-bond acceptors (Lipinski definition) is 4. The molecule has 1 aliphatic rings. The molecule has 174 valence electrons. The zero-order chi connectivity index (χ0) is 21.9. The Labute approximate surface area is 208 Å². The minimum absolute atomic E-state index is 0. The molecule has 7 nitrogen and oxygen atoms in total. The molecule has 0 saturated carbocycles. The van der Waals surface area contributed by atoms with E-state index in [9.17, 15) is 4.79 Å². The zero-order valence-electron chi connectivity index (χ0n) is 18.8. The van der Waals surface area contributed by atoms with Crippen molar-refractivity contribution < 1.29 is 9.53 Å². The average molecular weight is 551 g/mol. The number of amides is 1. The lowest BCUT2D eigenvalue weighted by molar-refractivity contribution is -0.119. The van der Waals surface area contributed by atoms with Crippen molar-refractivity contribution >= 4 is 41.5 Å². The van der Waals surface area contributed by atoms with Crippen LogP contribution < -0.4 is 25.6 Å². The van der Waals surface area contributed by atoms with Gasteiger partial charge in [-0.2, -0.15) is 0 Å². The van der Waals surface area contributed by atoms with Crippen molar-refractivity contribution in [3.05, 3.63) is 60.2 Å². The van der Waals surface area contributed by atoms with E-state index in [1.54, 1.807) is 7.11 Å². The Morgan fingerprint density at radius 1 is 1.12 bits per heavy atom. The minimum atomic E-state index is -0.0739. The van der Waals surface area contributed by atoms with Gasteiger partial charge in [-0.15, -0.1) is 24.0 Å². The highest BCUT2D eigenvalue weighted by molar-refractivity contribution is 14.0. The molecule has 1 aliphatic heterocycles. The standard InChI is InChI=1S/C24H33N5O2.HI/c1-3-25-24(27-17-23(30)26-15-13-19-9-5-4-6-10-19)28-20-14-16-29(18-20)21-11-7-8-12-22(21)31-2;/h4-12,20H,3,13-18H2,1-2H3,(H,26,30)(H2,25,27,28);1H. The number of rotatable bonds is 9. The number of carbonyl (C=O) groups excluding carboxylic acids is 1. The summed E-state index contributed by atoms with van der Waals surface area (Å²) in [5, 5.41) is 9.65. The Bertz CT molecular complexity index is 862. The molecule has 1 saturated heterocycles. The van der Waals surface area contributed by atoms with E-state index < -0.39 is 0 Å². The van der Waals surface area contributed by atoms with Crippen molar-refractivity contribution in [3.8, 4) is 5.75 Å². The minimum Gasteiger partial charge on any atom is -0.495 e. The summed E-state index contributed by atoms with van der Waals surface area (Å²) in [6, 6.07) is 18.5. The molecule has 0 aromatic heterocycles. The highest BCUT2D eigenvalue weighted by Crippen LogP contribution is 2.30. The summed E-state index contributed by atoms with van der Waals surface area (Å²) in [5.41, 5.74) is 2.32. The first kappa shape index (κ1) is 25.8. The third kappa shape index (κ3) is 7.89. The Morgan fingerprint density at radius 2 is 1.88 bits per heavy atom. The number of methoxy groups -OCH3 is 1. The van der Waals surface area contributed by atoms with Crippen molar-refractivity contribution in [1.82, 2.24) is 16.0 Å². The summed E-state index contributed by atoms with van der Waals surface area (Å²) in [5.74, 6) is 1.48. The lowest BCUT2D eigenvalue weighted by atomic mass is 10.1. The van der Waals surface area contributed by atoms with Crippen LogP contribution in [0, 0.1) is 0 Å². The number of benzene rings is 2. The van der Waals surface area contributed by atoms with Crippen LogP contribution in [0.25, 0.3) is 0 Å². The van der Waals surface area contributed by atoms with E-state index in [2.05, 4.69) is 44.0 Å². The molecule has 0 aliphatic carbocycles. The predicted octanol–water partition coefficient (Wildman–Crippen LogP) is 2.81. The predicted molar refractivity (Wildman–Crippen MR) is 141 cm³/mol. The maximum Gasteiger partial charge on any atom is 0.241 e. The highest BCUT2D eigenvalue weighted by atomic mass is 127. The Balaban J connectivity index is 0.00000363. The first-order chi connectivity index (χ1) is 15.2. The summed E-state index contributed by atoms with van der Waals surface area (Å²) in [7, 11) is 1.70. The zero-order valence-corrected chi connectivity index (χ0v) is 21.2. The SMILES string of the molecule is CCNC(=NCC(=O)NCCc1ccccc1)NC1CCN(c2ccccc2OC)C1.I. The van der Waals surface area contributed by atoms with E-state index in [4.69, 9.17) is 4.74 Å². The number of halogens is 1. The molecule has 8 heteroatoms. The molecule has 2 aromatic rings. The van der Waals surface area contributed by atoms with Crippen molar-refractivity contribution in [2.45, 2.75) is 25.8 Å². The van der Waals surface area contributed by atoms with Crippen molar-refractivity contribution in [3.63, 3.8) is 0 Å². The van der Waals surface area contributed by atoms with Crippen LogP contribution in [0.2, 0.25) is 0 Å². The number of guanidine groups is 1. The Morgan fingerprint density at radius 3 is 2.62 bits per heavy atom. The molecule has 32 heavy (non-hydrogen) atoms. The van der Waals surface area contributed by atoms with Gasteiger partial charge in [0.1, 0.15) is 12.3 Å². The summed E-state index contributed by atoms with van der Waals surface area (Å²) in [6.45, 7) is 5.27. The smallest absolute Gasteiger partial charge is 0.241 e. The van der Waals surface area contributed by atoms with Crippen LogP contribution in [-0.4, -0.2) is 57.7 Å². The second kappa shape index (κ2) is 13.8. The van der Waals surface area contributed by atoms with E-state index in [1.165, 1.54) is 5.56 Å². The molecule has 1 atom stereocenters. The van der Waals surface area contributed by atoms with Crippen LogP contribution in [0.3, 0.4) is 0 Å². The van der Waals surface area contributed by atoms with Crippen LogP contribution in [0.5, 0.6) is 5.75 Å². The molecule has 3 rings (SSSR count). The fourth-order valence-corrected chi connectivity index (χ4v) is 3.70. The van der Waals surface area contributed by atoms with Crippen LogP contribution in [0.4, 0.5) is 5.69 Å². The third-order valence-corrected chi connectivity index (χ3v) is 5.26. The number of hydrogen-bond donors (Lipinski definition) is 3. The molecule has 0 spiro atoms. The van der Waals surface area contributed by atoms with Gasteiger partial charge in [0.05, 0.1) is 12.8 Å². The first-order valence-electron chi connectivity index (χ1n) is 10.9. The van der Waals surface area contributed by atoms with E-state index in [1.807, 2.05) is 43.3 Å². The van der Waals surface area contributed by atoms with Gasteiger partial charge in [0, 0.05) is 32.2 Å². The van der Waals surface area contributed by atoms with Crippen molar-refractivity contribution in [2.24, 2.45) is 4.99 Å². The fraction of sp³-hybridized carbons (Fsp3) is 0.417. The first-order valence-corrected chi connectivity index (χ1v) is 10.9. The molecular weight excluding hydrogens is 517 g/mol. The van der Waals surface area contributed by atoms with Crippen LogP contribution >= 0.6 is 24.0 Å². The van der Waals surface area contributed by atoms with Gasteiger partial charge in [-0.1, -0.05) is 42.5 Å². The van der Waals surface area contributed by atoms with Gasteiger partial charge in [-0.05, 0) is 37.5 Å². The van der Waals surface area contributed by atoms with Crippen molar-refractivity contribution in [2.75, 3.05) is 44.7 Å². The second-order valence-electron chi connectivity index (χ2n) is 7.53. The van der Waals surface area contributed by atoms with Gasteiger partial charge in [0.15, 0.2) is 5.96 Å². The van der Waals surface area contributed by atoms with E-state index in [-0.39, 0.29) is 42.5 Å². The number of carbonyl (C=O) groups is 1. The lowest BCUT2D eigenvalue weighted by Crippen LogP contribution is -2.45. The van der Waals surface area contributed by atoms with Gasteiger partial charge >= 0.3 is 0 Å². The monoisotopic (exact) mass is 551 g/mol. The molecule has 0 bridgehead atoms.